The second kappa shape index (κ2) is 6.66. The smallest absolute Gasteiger partial charge is 0.223 e. The molecule has 1 aliphatic carbocycles. The molecular formula is C17H33N3O. The highest BCUT2D eigenvalue weighted by atomic mass is 16.1. The molecular weight excluding hydrogens is 262 g/mol. The first-order valence-electron chi connectivity index (χ1n) is 8.54. The van der Waals surface area contributed by atoms with Crippen molar-refractivity contribution in [3.05, 3.63) is 0 Å². The Morgan fingerprint density at radius 2 is 1.86 bits per heavy atom. The van der Waals surface area contributed by atoms with Gasteiger partial charge in [0.2, 0.25) is 5.91 Å². The van der Waals surface area contributed by atoms with Crippen LogP contribution in [0.1, 0.15) is 46.5 Å². The first-order valence-corrected chi connectivity index (χ1v) is 8.54. The molecule has 21 heavy (non-hydrogen) atoms. The fourth-order valence-electron chi connectivity index (χ4n) is 3.95. The summed E-state index contributed by atoms with van der Waals surface area (Å²) in [7, 11) is 2.17. The SMILES string of the molecule is CC1C(N)CCC(C(=O)NCC2CCN(C)CC2)C1(C)C. The lowest BCUT2D eigenvalue weighted by Gasteiger charge is -2.46. The van der Waals surface area contributed by atoms with E-state index in [1.165, 1.54) is 12.8 Å². The molecule has 2 fully saturated rings. The predicted molar refractivity (Wildman–Crippen MR) is 86.9 cm³/mol. The van der Waals surface area contributed by atoms with Gasteiger partial charge in [0.25, 0.3) is 0 Å². The molecule has 122 valence electrons. The third kappa shape index (κ3) is 3.78. The van der Waals surface area contributed by atoms with Crippen molar-refractivity contribution < 1.29 is 4.79 Å². The first-order chi connectivity index (χ1) is 9.82. The highest BCUT2D eigenvalue weighted by Crippen LogP contribution is 2.44. The Morgan fingerprint density at radius 1 is 1.24 bits per heavy atom. The van der Waals surface area contributed by atoms with Crippen molar-refractivity contribution in [2.24, 2.45) is 28.9 Å². The van der Waals surface area contributed by atoms with E-state index in [0.29, 0.717) is 11.8 Å². The van der Waals surface area contributed by atoms with Crippen LogP contribution in [0, 0.1) is 23.2 Å². The molecule has 0 radical (unpaired) electrons. The Labute approximate surface area is 129 Å². The number of nitrogens with two attached hydrogens (primary N) is 1. The number of carbonyl (C=O) groups is 1. The molecule has 4 nitrogen and oxygen atoms in total. The zero-order valence-corrected chi connectivity index (χ0v) is 14.2. The van der Waals surface area contributed by atoms with Crippen LogP contribution in [0.25, 0.3) is 0 Å². The van der Waals surface area contributed by atoms with Crippen LogP contribution in [0.15, 0.2) is 0 Å². The number of nitrogens with one attached hydrogen (secondary N) is 1. The van der Waals surface area contributed by atoms with E-state index in [-0.39, 0.29) is 23.3 Å². The van der Waals surface area contributed by atoms with Crippen LogP contribution < -0.4 is 11.1 Å². The molecule has 1 aliphatic heterocycles. The minimum atomic E-state index is -0.00542. The van der Waals surface area contributed by atoms with E-state index in [0.717, 1.165) is 32.5 Å². The number of rotatable bonds is 3. The third-order valence-electron chi connectivity index (χ3n) is 6.22. The lowest BCUT2D eigenvalue weighted by Crippen LogP contribution is -2.52. The lowest BCUT2D eigenvalue weighted by molar-refractivity contribution is -0.132. The van der Waals surface area contributed by atoms with Gasteiger partial charge in [-0.25, -0.2) is 0 Å². The van der Waals surface area contributed by atoms with E-state index in [4.69, 9.17) is 5.73 Å². The summed E-state index contributed by atoms with van der Waals surface area (Å²) >= 11 is 0. The summed E-state index contributed by atoms with van der Waals surface area (Å²) in [6.07, 6.45) is 4.30. The minimum absolute atomic E-state index is 0.00542. The molecule has 0 aromatic rings. The lowest BCUT2D eigenvalue weighted by atomic mass is 9.61. The van der Waals surface area contributed by atoms with Gasteiger partial charge in [0.05, 0.1) is 0 Å². The Hall–Kier alpha value is -0.610. The van der Waals surface area contributed by atoms with Gasteiger partial charge in [0.1, 0.15) is 0 Å². The summed E-state index contributed by atoms with van der Waals surface area (Å²) in [5.41, 5.74) is 6.18. The summed E-state index contributed by atoms with van der Waals surface area (Å²) in [4.78, 5) is 15.0. The van der Waals surface area contributed by atoms with E-state index in [9.17, 15) is 4.79 Å². The molecule has 2 rings (SSSR count). The van der Waals surface area contributed by atoms with Gasteiger partial charge in [-0.1, -0.05) is 20.8 Å². The largest absolute Gasteiger partial charge is 0.356 e. The Balaban J connectivity index is 1.85. The van der Waals surface area contributed by atoms with Gasteiger partial charge in [-0.15, -0.1) is 0 Å². The van der Waals surface area contributed by atoms with Crippen LogP contribution in [0.3, 0.4) is 0 Å². The number of carbonyl (C=O) groups excluding carboxylic acids is 1. The van der Waals surface area contributed by atoms with Crippen LogP contribution in [-0.4, -0.2) is 43.5 Å². The fraction of sp³-hybridized carbons (Fsp3) is 0.941. The standard InChI is InChI=1S/C17H33N3O/c1-12-15(18)6-5-14(17(12,2)3)16(21)19-11-13-7-9-20(4)10-8-13/h12-15H,5-11,18H2,1-4H3,(H,19,21). The molecule has 0 spiro atoms. The molecule has 2 aliphatic rings. The highest BCUT2D eigenvalue weighted by Gasteiger charge is 2.44. The predicted octanol–water partition coefficient (Wildman–Crippen LogP) is 1.84. The number of amides is 1. The molecule has 0 aromatic heterocycles. The maximum Gasteiger partial charge on any atom is 0.223 e. The number of nitrogens with zero attached hydrogens (tertiary/aromatic N) is 1. The van der Waals surface area contributed by atoms with Crippen molar-refractivity contribution in [2.45, 2.75) is 52.5 Å². The van der Waals surface area contributed by atoms with Crippen molar-refractivity contribution >= 4 is 5.91 Å². The first kappa shape index (κ1) is 16.8. The average molecular weight is 295 g/mol. The van der Waals surface area contributed by atoms with E-state index in [1.807, 2.05) is 0 Å². The Morgan fingerprint density at radius 3 is 2.48 bits per heavy atom. The number of hydrogen-bond acceptors (Lipinski definition) is 3. The normalized spacial score (nSPS) is 34.6. The van der Waals surface area contributed by atoms with E-state index >= 15 is 0 Å². The number of piperidine rings is 1. The van der Waals surface area contributed by atoms with Crippen LogP contribution in [0.2, 0.25) is 0 Å². The van der Waals surface area contributed by atoms with Gasteiger partial charge < -0.3 is 16.0 Å². The Kier molecular flexibility index (Phi) is 5.31. The monoisotopic (exact) mass is 295 g/mol. The van der Waals surface area contributed by atoms with Crippen LogP contribution in [0.5, 0.6) is 0 Å². The average Bonchev–Trinajstić information content (AvgIpc) is 2.44. The minimum Gasteiger partial charge on any atom is -0.356 e. The summed E-state index contributed by atoms with van der Waals surface area (Å²) in [5.74, 6) is 1.40. The van der Waals surface area contributed by atoms with Crippen molar-refractivity contribution in [1.29, 1.82) is 0 Å². The molecule has 3 N–H and O–H groups in total. The van der Waals surface area contributed by atoms with E-state index in [2.05, 4.69) is 38.0 Å². The van der Waals surface area contributed by atoms with Gasteiger partial charge in [-0.2, -0.15) is 0 Å². The van der Waals surface area contributed by atoms with Crippen LogP contribution in [-0.2, 0) is 4.79 Å². The zero-order valence-electron chi connectivity index (χ0n) is 14.2. The molecule has 1 heterocycles. The topological polar surface area (TPSA) is 58.4 Å². The zero-order chi connectivity index (χ0) is 15.6. The maximum atomic E-state index is 12.6. The van der Waals surface area contributed by atoms with Gasteiger partial charge in [0, 0.05) is 18.5 Å². The van der Waals surface area contributed by atoms with Crippen molar-refractivity contribution in [3.8, 4) is 0 Å². The molecule has 0 bridgehead atoms. The molecule has 0 aromatic carbocycles. The van der Waals surface area contributed by atoms with Gasteiger partial charge in [-0.3, -0.25) is 4.79 Å². The third-order valence-corrected chi connectivity index (χ3v) is 6.22. The number of likely N-dealkylation sites (tertiary alicyclic amines) is 1. The second-order valence-electron chi connectivity index (χ2n) is 7.90. The quantitative estimate of drug-likeness (QED) is 0.835. The molecule has 4 heteroatoms. The second-order valence-corrected chi connectivity index (χ2v) is 7.90. The Bertz CT molecular complexity index is 361. The van der Waals surface area contributed by atoms with Gasteiger partial charge >= 0.3 is 0 Å². The maximum absolute atomic E-state index is 12.6. The van der Waals surface area contributed by atoms with Crippen LogP contribution in [0.4, 0.5) is 0 Å². The van der Waals surface area contributed by atoms with Gasteiger partial charge in [-0.05, 0) is 63.1 Å². The summed E-state index contributed by atoms with van der Waals surface area (Å²) in [6.45, 7) is 9.76. The summed E-state index contributed by atoms with van der Waals surface area (Å²) in [5, 5.41) is 3.23. The number of hydrogen-bond donors (Lipinski definition) is 2. The summed E-state index contributed by atoms with van der Waals surface area (Å²) in [6, 6.07) is 0.234. The summed E-state index contributed by atoms with van der Waals surface area (Å²) < 4.78 is 0. The molecule has 3 atom stereocenters. The molecule has 1 saturated heterocycles. The highest BCUT2D eigenvalue weighted by molar-refractivity contribution is 5.79. The molecule has 3 unspecified atom stereocenters. The van der Waals surface area contributed by atoms with Gasteiger partial charge in [0.15, 0.2) is 0 Å². The van der Waals surface area contributed by atoms with Crippen LogP contribution >= 0.6 is 0 Å². The molecule has 1 saturated carbocycles. The fourth-order valence-corrected chi connectivity index (χ4v) is 3.95. The van der Waals surface area contributed by atoms with Crippen molar-refractivity contribution in [3.63, 3.8) is 0 Å². The molecule has 1 amide bonds. The van der Waals surface area contributed by atoms with Crippen molar-refractivity contribution in [1.82, 2.24) is 10.2 Å². The van der Waals surface area contributed by atoms with E-state index in [1.54, 1.807) is 0 Å². The van der Waals surface area contributed by atoms with Crippen molar-refractivity contribution in [2.75, 3.05) is 26.7 Å². The van der Waals surface area contributed by atoms with E-state index < -0.39 is 0 Å².